The Bertz CT molecular complexity index is 440. The van der Waals surface area contributed by atoms with Gasteiger partial charge < -0.3 is 20.6 Å². The number of amides is 3. The van der Waals surface area contributed by atoms with Gasteiger partial charge in [-0.15, -0.1) is 0 Å². The minimum absolute atomic E-state index is 0.0103. The van der Waals surface area contributed by atoms with Crippen LogP contribution in [0.1, 0.15) is 39.0 Å². The molecule has 0 aromatic carbocycles. The number of urea groups is 1. The van der Waals surface area contributed by atoms with E-state index in [0.29, 0.717) is 32.4 Å². The monoisotopic (exact) mass is 297 g/mol. The number of carboxylic acid groups (broad SMARTS) is 1. The standard InChI is InChI=1S/C14H23N3O4/c1-2-5-14(12(19)20)6-7-17(9-14)13(21)15-8-10-3-4-11(18)16-10/h10H,2-9H2,1H3,(H,15,21)(H,16,18)(H,19,20). The van der Waals surface area contributed by atoms with E-state index in [1.54, 1.807) is 4.90 Å². The summed E-state index contributed by atoms with van der Waals surface area (Å²) in [5.41, 5.74) is -0.798. The van der Waals surface area contributed by atoms with Crippen molar-refractivity contribution in [1.29, 1.82) is 0 Å². The van der Waals surface area contributed by atoms with Crippen LogP contribution >= 0.6 is 0 Å². The number of carbonyl (C=O) groups is 3. The fourth-order valence-corrected chi connectivity index (χ4v) is 3.16. The summed E-state index contributed by atoms with van der Waals surface area (Å²) in [4.78, 5) is 36.2. The van der Waals surface area contributed by atoms with Crippen LogP contribution < -0.4 is 10.6 Å². The van der Waals surface area contributed by atoms with Crippen molar-refractivity contribution in [2.24, 2.45) is 5.41 Å². The first-order valence-electron chi connectivity index (χ1n) is 7.52. The summed E-state index contributed by atoms with van der Waals surface area (Å²) in [6.45, 7) is 3.08. The average Bonchev–Trinajstić information content (AvgIpc) is 3.04. The molecule has 7 nitrogen and oxygen atoms in total. The quantitative estimate of drug-likeness (QED) is 0.690. The average molecular weight is 297 g/mol. The molecule has 2 saturated heterocycles. The minimum atomic E-state index is -0.817. The molecule has 0 saturated carbocycles. The molecule has 2 fully saturated rings. The van der Waals surface area contributed by atoms with Crippen LogP contribution in [0.3, 0.4) is 0 Å². The van der Waals surface area contributed by atoms with Gasteiger partial charge in [0.2, 0.25) is 5.91 Å². The van der Waals surface area contributed by atoms with Gasteiger partial charge in [0.05, 0.1) is 5.41 Å². The summed E-state index contributed by atoms with van der Waals surface area (Å²) < 4.78 is 0. The second-order valence-corrected chi connectivity index (χ2v) is 6.00. The molecule has 3 amide bonds. The van der Waals surface area contributed by atoms with Crippen molar-refractivity contribution >= 4 is 17.9 Å². The van der Waals surface area contributed by atoms with E-state index in [1.165, 1.54) is 0 Å². The third-order valence-electron chi connectivity index (χ3n) is 4.41. The highest BCUT2D eigenvalue weighted by atomic mass is 16.4. The second-order valence-electron chi connectivity index (χ2n) is 6.00. The lowest BCUT2D eigenvalue weighted by atomic mass is 9.83. The predicted molar refractivity (Wildman–Crippen MR) is 75.7 cm³/mol. The molecule has 2 aliphatic heterocycles. The van der Waals surface area contributed by atoms with E-state index in [0.717, 1.165) is 12.8 Å². The summed E-state index contributed by atoms with van der Waals surface area (Å²) in [6, 6.07) is -0.251. The fourth-order valence-electron chi connectivity index (χ4n) is 3.16. The number of carbonyl (C=O) groups excluding carboxylic acids is 2. The molecule has 7 heteroatoms. The van der Waals surface area contributed by atoms with Crippen LogP contribution in [-0.4, -0.2) is 53.6 Å². The number of carboxylic acids is 1. The Morgan fingerprint density at radius 2 is 2.29 bits per heavy atom. The lowest BCUT2D eigenvalue weighted by Gasteiger charge is -2.24. The Kier molecular flexibility index (Phi) is 4.69. The molecule has 0 spiro atoms. The molecule has 2 rings (SSSR count). The van der Waals surface area contributed by atoms with E-state index in [9.17, 15) is 19.5 Å². The number of aliphatic carboxylic acids is 1. The zero-order chi connectivity index (χ0) is 15.5. The number of nitrogens with zero attached hydrogens (tertiary/aromatic N) is 1. The fraction of sp³-hybridized carbons (Fsp3) is 0.786. The molecule has 2 atom stereocenters. The van der Waals surface area contributed by atoms with E-state index < -0.39 is 11.4 Å². The van der Waals surface area contributed by atoms with Gasteiger partial charge >= 0.3 is 12.0 Å². The third-order valence-corrected chi connectivity index (χ3v) is 4.41. The first-order chi connectivity index (χ1) is 9.97. The van der Waals surface area contributed by atoms with Gasteiger partial charge in [-0.1, -0.05) is 13.3 Å². The highest BCUT2D eigenvalue weighted by Gasteiger charge is 2.45. The first kappa shape index (κ1) is 15.6. The largest absolute Gasteiger partial charge is 0.481 e. The zero-order valence-corrected chi connectivity index (χ0v) is 12.4. The molecule has 0 aromatic heterocycles. The lowest BCUT2D eigenvalue weighted by molar-refractivity contribution is -0.148. The maximum Gasteiger partial charge on any atom is 0.317 e. The number of nitrogens with one attached hydrogen (secondary N) is 2. The molecule has 0 aliphatic carbocycles. The van der Waals surface area contributed by atoms with Gasteiger partial charge in [0.1, 0.15) is 0 Å². The van der Waals surface area contributed by atoms with Crippen LogP contribution in [0, 0.1) is 5.41 Å². The third kappa shape index (κ3) is 3.46. The molecule has 2 heterocycles. The molecule has 3 N–H and O–H groups in total. The normalized spacial score (nSPS) is 28.5. The molecule has 2 unspecified atom stereocenters. The summed E-state index contributed by atoms with van der Waals surface area (Å²) in [6.07, 6.45) is 3.11. The van der Waals surface area contributed by atoms with Crippen LogP contribution in [0.4, 0.5) is 4.79 Å². The van der Waals surface area contributed by atoms with Crippen molar-refractivity contribution in [3.05, 3.63) is 0 Å². The number of hydrogen-bond acceptors (Lipinski definition) is 3. The molecule has 0 aromatic rings. The minimum Gasteiger partial charge on any atom is -0.481 e. The highest BCUT2D eigenvalue weighted by Crippen LogP contribution is 2.35. The van der Waals surface area contributed by atoms with Crippen molar-refractivity contribution in [2.75, 3.05) is 19.6 Å². The van der Waals surface area contributed by atoms with E-state index >= 15 is 0 Å². The Hall–Kier alpha value is -1.79. The van der Waals surface area contributed by atoms with Crippen molar-refractivity contribution in [3.63, 3.8) is 0 Å². The number of hydrogen-bond donors (Lipinski definition) is 3. The Morgan fingerprint density at radius 1 is 1.52 bits per heavy atom. The second kappa shape index (κ2) is 6.32. The van der Waals surface area contributed by atoms with Gasteiger partial charge in [-0.2, -0.15) is 0 Å². The van der Waals surface area contributed by atoms with Gasteiger partial charge in [-0.05, 0) is 19.3 Å². The van der Waals surface area contributed by atoms with Gasteiger partial charge in [0, 0.05) is 32.1 Å². The van der Waals surface area contributed by atoms with Crippen LogP contribution in [0.25, 0.3) is 0 Å². The summed E-state index contributed by atoms with van der Waals surface area (Å²) >= 11 is 0. The Balaban J connectivity index is 1.84. The molecular weight excluding hydrogens is 274 g/mol. The summed E-state index contributed by atoms with van der Waals surface area (Å²) in [7, 11) is 0. The van der Waals surface area contributed by atoms with Crippen LogP contribution in [0.2, 0.25) is 0 Å². The van der Waals surface area contributed by atoms with E-state index in [-0.39, 0.29) is 24.5 Å². The molecule has 0 radical (unpaired) electrons. The molecule has 21 heavy (non-hydrogen) atoms. The Labute approximate surface area is 124 Å². The van der Waals surface area contributed by atoms with Crippen LogP contribution in [-0.2, 0) is 9.59 Å². The summed E-state index contributed by atoms with van der Waals surface area (Å²) in [5.74, 6) is -0.800. The number of likely N-dealkylation sites (tertiary alicyclic amines) is 1. The molecule has 0 bridgehead atoms. The topological polar surface area (TPSA) is 98.7 Å². The van der Waals surface area contributed by atoms with Crippen molar-refractivity contribution in [2.45, 2.75) is 45.1 Å². The van der Waals surface area contributed by atoms with Gasteiger partial charge in [-0.25, -0.2) is 4.79 Å². The Morgan fingerprint density at radius 3 is 2.86 bits per heavy atom. The van der Waals surface area contributed by atoms with E-state index in [1.807, 2.05) is 6.92 Å². The maximum atomic E-state index is 12.1. The smallest absolute Gasteiger partial charge is 0.317 e. The van der Waals surface area contributed by atoms with Gasteiger partial charge in [0.15, 0.2) is 0 Å². The molecule has 118 valence electrons. The van der Waals surface area contributed by atoms with E-state index in [4.69, 9.17) is 0 Å². The van der Waals surface area contributed by atoms with Gasteiger partial charge in [0.25, 0.3) is 0 Å². The van der Waals surface area contributed by atoms with Gasteiger partial charge in [-0.3, -0.25) is 9.59 Å². The lowest BCUT2D eigenvalue weighted by Crippen LogP contribution is -2.45. The predicted octanol–water partition coefficient (Wildman–Crippen LogP) is 0.551. The van der Waals surface area contributed by atoms with Crippen molar-refractivity contribution in [1.82, 2.24) is 15.5 Å². The molecule has 2 aliphatic rings. The first-order valence-corrected chi connectivity index (χ1v) is 7.52. The van der Waals surface area contributed by atoms with Crippen molar-refractivity contribution < 1.29 is 19.5 Å². The zero-order valence-electron chi connectivity index (χ0n) is 12.4. The van der Waals surface area contributed by atoms with Crippen LogP contribution in [0.5, 0.6) is 0 Å². The SMILES string of the molecule is CCCC1(C(=O)O)CCN(C(=O)NCC2CCC(=O)N2)C1. The summed E-state index contributed by atoms with van der Waals surface area (Å²) in [5, 5.41) is 15.0. The maximum absolute atomic E-state index is 12.1. The number of rotatable bonds is 5. The highest BCUT2D eigenvalue weighted by molar-refractivity contribution is 5.80. The van der Waals surface area contributed by atoms with Crippen molar-refractivity contribution in [3.8, 4) is 0 Å². The molecular formula is C14H23N3O4. The van der Waals surface area contributed by atoms with Crippen LogP contribution in [0.15, 0.2) is 0 Å². The van der Waals surface area contributed by atoms with E-state index in [2.05, 4.69) is 10.6 Å².